The first-order valence-electron chi connectivity index (χ1n) is 4.30. The molecule has 1 aromatic rings. The fourth-order valence-corrected chi connectivity index (χ4v) is 1.55. The molecule has 0 atom stereocenters. The largest absolute Gasteiger partial charge is 0.506 e. The molecule has 0 aromatic heterocycles. The molecule has 2 rings (SSSR count). The van der Waals surface area contributed by atoms with Crippen LogP contribution in [-0.2, 0) is 4.79 Å². The fourth-order valence-electron chi connectivity index (χ4n) is 1.55. The molecule has 0 unspecified atom stereocenters. The lowest BCUT2D eigenvalue weighted by molar-refractivity contribution is -0.104. The lowest BCUT2D eigenvalue weighted by Crippen LogP contribution is -1.99. The summed E-state index contributed by atoms with van der Waals surface area (Å²) in [5.41, 5.74) is 0.482. The molecule has 1 N–H and O–H groups in total. The van der Waals surface area contributed by atoms with Gasteiger partial charge >= 0.3 is 0 Å². The van der Waals surface area contributed by atoms with E-state index in [1.165, 1.54) is 19.2 Å². The van der Waals surface area contributed by atoms with Crippen LogP contribution in [0.4, 0.5) is 0 Å². The molecule has 1 aliphatic carbocycles. The van der Waals surface area contributed by atoms with Crippen LogP contribution in [-0.4, -0.2) is 24.3 Å². The van der Waals surface area contributed by atoms with Crippen molar-refractivity contribution in [2.45, 2.75) is 0 Å². The number of aliphatic hydroxyl groups is 1. The van der Waals surface area contributed by atoms with Gasteiger partial charge in [-0.3, -0.25) is 9.59 Å². The lowest BCUT2D eigenvalue weighted by Gasteiger charge is -2.02. The number of methoxy groups -OCH3 is 1. The first-order valence-corrected chi connectivity index (χ1v) is 4.30. The topological polar surface area (TPSA) is 63.6 Å². The average molecular weight is 204 g/mol. The Morgan fingerprint density at radius 1 is 1.33 bits per heavy atom. The minimum absolute atomic E-state index is 0.196. The molecule has 15 heavy (non-hydrogen) atoms. The van der Waals surface area contributed by atoms with Crippen molar-refractivity contribution in [3.8, 4) is 5.75 Å². The molecule has 0 heterocycles. The molecular formula is C11H8O4. The Hall–Kier alpha value is -2.10. The fraction of sp³-hybridized carbons (Fsp3) is 0.0909. The minimum atomic E-state index is -0.444. The van der Waals surface area contributed by atoms with Gasteiger partial charge in [-0.15, -0.1) is 0 Å². The van der Waals surface area contributed by atoms with E-state index in [1.807, 2.05) is 0 Å². The number of hydrogen-bond acceptors (Lipinski definition) is 4. The monoisotopic (exact) mass is 204 g/mol. The molecule has 1 aliphatic rings. The Morgan fingerprint density at radius 2 is 2.07 bits per heavy atom. The van der Waals surface area contributed by atoms with Gasteiger partial charge in [0.1, 0.15) is 17.1 Å². The SMILES string of the molecule is COc1ccc2c(c1)C(O)=C(C=O)C2=O. The lowest BCUT2D eigenvalue weighted by atomic mass is 10.1. The zero-order valence-electron chi connectivity index (χ0n) is 7.98. The third kappa shape index (κ3) is 1.22. The number of carbonyl (C=O) groups is 2. The Kier molecular flexibility index (Phi) is 2.04. The van der Waals surface area contributed by atoms with Gasteiger partial charge in [0.15, 0.2) is 6.29 Å². The summed E-state index contributed by atoms with van der Waals surface area (Å²) in [6.07, 6.45) is 0.365. The second-order valence-corrected chi connectivity index (χ2v) is 3.12. The van der Waals surface area contributed by atoms with Crippen molar-refractivity contribution in [1.29, 1.82) is 0 Å². The van der Waals surface area contributed by atoms with Gasteiger partial charge in [0, 0.05) is 11.1 Å². The van der Waals surface area contributed by atoms with Crippen LogP contribution < -0.4 is 4.74 Å². The number of aliphatic hydroxyl groups excluding tert-OH is 1. The molecular weight excluding hydrogens is 196 g/mol. The van der Waals surface area contributed by atoms with Crippen LogP contribution in [0.15, 0.2) is 23.8 Å². The second-order valence-electron chi connectivity index (χ2n) is 3.12. The summed E-state index contributed by atoms with van der Waals surface area (Å²) in [6, 6.07) is 4.67. The zero-order chi connectivity index (χ0) is 11.0. The van der Waals surface area contributed by atoms with Crippen molar-refractivity contribution < 1.29 is 19.4 Å². The first-order chi connectivity index (χ1) is 7.19. The molecule has 0 bridgehead atoms. The van der Waals surface area contributed by atoms with Crippen molar-refractivity contribution in [2.24, 2.45) is 0 Å². The molecule has 0 fully saturated rings. The minimum Gasteiger partial charge on any atom is -0.506 e. The van der Waals surface area contributed by atoms with E-state index in [1.54, 1.807) is 6.07 Å². The van der Waals surface area contributed by atoms with Crippen LogP contribution >= 0.6 is 0 Å². The van der Waals surface area contributed by atoms with Crippen LogP contribution in [0, 0.1) is 0 Å². The summed E-state index contributed by atoms with van der Waals surface area (Å²) < 4.78 is 4.96. The van der Waals surface area contributed by atoms with Gasteiger partial charge in [-0.1, -0.05) is 0 Å². The van der Waals surface area contributed by atoms with Crippen LogP contribution in [0.25, 0.3) is 5.76 Å². The maximum absolute atomic E-state index is 11.5. The van der Waals surface area contributed by atoms with Crippen molar-refractivity contribution in [3.05, 3.63) is 34.9 Å². The summed E-state index contributed by atoms with van der Waals surface area (Å²) in [7, 11) is 1.49. The molecule has 0 saturated heterocycles. The second kappa shape index (κ2) is 3.24. The number of ether oxygens (including phenoxy) is 1. The number of rotatable bonds is 2. The molecule has 4 nitrogen and oxygen atoms in total. The van der Waals surface area contributed by atoms with E-state index >= 15 is 0 Å². The number of fused-ring (bicyclic) bond motifs is 1. The molecule has 4 heteroatoms. The van der Waals surface area contributed by atoms with Gasteiger partial charge in [0.05, 0.1) is 7.11 Å². The Labute approximate surface area is 85.8 Å². The quantitative estimate of drug-likeness (QED) is 0.583. The highest BCUT2D eigenvalue weighted by Gasteiger charge is 2.29. The van der Waals surface area contributed by atoms with E-state index < -0.39 is 5.78 Å². The molecule has 0 spiro atoms. The zero-order valence-corrected chi connectivity index (χ0v) is 7.98. The summed E-state index contributed by atoms with van der Waals surface area (Å²) >= 11 is 0. The summed E-state index contributed by atoms with van der Waals surface area (Å²) in [5, 5.41) is 9.60. The molecule has 0 aliphatic heterocycles. The number of benzene rings is 1. The van der Waals surface area contributed by atoms with Crippen molar-refractivity contribution >= 4 is 17.8 Å². The maximum Gasteiger partial charge on any atom is 0.200 e. The average Bonchev–Trinajstić information content (AvgIpc) is 2.51. The van der Waals surface area contributed by atoms with Gasteiger partial charge in [-0.05, 0) is 18.2 Å². The predicted molar refractivity (Wildman–Crippen MR) is 52.9 cm³/mol. The van der Waals surface area contributed by atoms with E-state index in [4.69, 9.17) is 4.74 Å². The standard InChI is InChI=1S/C11H8O4/c1-15-6-2-3-7-8(4-6)11(14)9(5-12)10(7)13/h2-5,14H,1H3. The highest BCUT2D eigenvalue weighted by Crippen LogP contribution is 2.32. The Morgan fingerprint density at radius 3 is 2.67 bits per heavy atom. The van der Waals surface area contributed by atoms with Crippen molar-refractivity contribution in [3.63, 3.8) is 0 Å². The van der Waals surface area contributed by atoms with E-state index in [9.17, 15) is 14.7 Å². The number of hydrogen-bond donors (Lipinski definition) is 1. The molecule has 1 aromatic carbocycles. The van der Waals surface area contributed by atoms with Gasteiger partial charge in [0.2, 0.25) is 5.78 Å². The smallest absolute Gasteiger partial charge is 0.200 e. The number of aldehydes is 1. The van der Waals surface area contributed by atoms with E-state index in [-0.39, 0.29) is 11.3 Å². The normalized spacial score (nSPS) is 14.1. The number of ketones is 1. The van der Waals surface area contributed by atoms with Crippen LogP contribution in [0.3, 0.4) is 0 Å². The highest BCUT2D eigenvalue weighted by molar-refractivity contribution is 6.29. The Bertz CT molecular complexity index is 485. The predicted octanol–water partition coefficient (Wildman–Crippen LogP) is 1.36. The van der Waals surface area contributed by atoms with Crippen LogP contribution in [0.5, 0.6) is 5.75 Å². The summed E-state index contributed by atoms with van der Waals surface area (Å²) in [6.45, 7) is 0. The van der Waals surface area contributed by atoms with Crippen molar-refractivity contribution in [2.75, 3.05) is 7.11 Å². The third-order valence-corrected chi connectivity index (χ3v) is 2.34. The molecule has 0 saturated carbocycles. The van der Waals surface area contributed by atoms with Gasteiger partial charge in [0.25, 0.3) is 0 Å². The summed E-state index contributed by atoms with van der Waals surface area (Å²) in [5.74, 6) is -0.190. The number of carbonyl (C=O) groups excluding carboxylic acids is 2. The molecule has 0 radical (unpaired) electrons. The Balaban J connectivity index is 2.64. The van der Waals surface area contributed by atoms with E-state index in [2.05, 4.69) is 0 Å². The van der Waals surface area contributed by atoms with E-state index in [0.717, 1.165) is 0 Å². The highest BCUT2D eigenvalue weighted by atomic mass is 16.5. The number of Topliss-reactive ketones (excluding diaryl/α,β-unsaturated/α-hetero) is 1. The maximum atomic E-state index is 11.5. The third-order valence-electron chi connectivity index (χ3n) is 2.34. The van der Waals surface area contributed by atoms with Gasteiger partial charge in [-0.25, -0.2) is 0 Å². The molecule has 76 valence electrons. The number of allylic oxidation sites excluding steroid dienone is 1. The van der Waals surface area contributed by atoms with Gasteiger partial charge < -0.3 is 9.84 Å². The first kappa shape index (κ1) is 9.45. The van der Waals surface area contributed by atoms with Crippen LogP contribution in [0.2, 0.25) is 0 Å². The summed E-state index contributed by atoms with van der Waals surface area (Å²) in [4.78, 5) is 22.1. The van der Waals surface area contributed by atoms with Crippen molar-refractivity contribution in [1.82, 2.24) is 0 Å². The van der Waals surface area contributed by atoms with E-state index in [0.29, 0.717) is 23.2 Å². The molecule has 0 amide bonds. The van der Waals surface area contributed by atoms with Crippen LogP contribution in [0.1, 0.15) is 15.9 Å². The van der Waals surface area contributed by atoms with Gasteiger partial charge in [-0.2, -0.15) is 0 Å².